The first-order valence-electron chi connectivity index (χ1n) is 8.60. The van der Waals surface area contributed by atoms with Gasteiger partial charge < -0.3 is 10.5 Å². The standard InChI is InChI=1S/C13H13BrN2O2.C5H12.C2H6/c1-2-18-13(17)9-5-8-3-4-10(14)7-11(8)16-12(15)6-9;1-5(2,3)4;1-2/h3-5,7H,2,6H2,1H3,(H2,15,16);1-4H3;1-2H3. The van der Waals surface area contributed by atoms with E-state index in [9.17, 15) is 4.79 Å². The number of nitrogens with zero attached hydrogens (tertiary/aromatic N) is 1. The smallest absolute Gasteiger partial charge is 0.334 e. The van der Waals surface area contributed by atoms with Crippen LogP contribution in [0.5, 0.6) is 0 Å². The number of esters is 1. The molecule has 4 nitrogen and oxygen atoms in total. The third kappa shape index (κ3) is 10.1. The van der Waals surface area contributed by atoms with Crippen LogP contribution in [0.3, 0.4) is 0 Å². The number of ether oxygens (including phenoxy) is 1. The molecule has 0 aliphatic carbocycles. The summed E-state index contributed by atoms with van der Waals surface area (Å²) in [5.74, 6) is 0.0672. The Balaban J connectivity index is 0.000000710. The molecule has 25 heavy (non-hydrogen) atoms. The normalized spacial score (nSPS) is 12.8. The fraction of sp³-hybridized carbons (Fsp3) is 0.500. The van der Waals surface area contributed by atoms with Crippen LogP contribution < -0.4 is 5.73 Å². The molecule has 0 fully saturated rings. The Kier molecular flexibility index (Phi) is 10.4. The van der Waals surface area contributed by atoms with Gasteiger partial charge in [0, 0.05) is 22.0 Å². The zero-order chi connectivity index (χ0) is 19.6. The van der Waals surface area contributed by atoms with E-state index in [1.54, 1.807) is 13.0 Å². The summed E-state index contributed by atoms with van der Waals surface area (Å²) in [5, 5.41) is 0. The molecule has 0 spiro atoms. The van der Waals surface area contributed by atoms with E-state index in [4.69, 9.17) is 10.5 Å². The van der Waals surface area contributed by atoms with Crippen molar-refractivity contribution in [2.75, 3.05) is 6.61 Å². The first-order valence-corrected chi connectivity index (χ1v) is 9.39. The van der Waals surface area contributed by atoms with Crippen molar-refractivity contribution in [1.82, 2.24) is 0 Å². The predicted molar refractivity (Wildman–Crippen MR) is 111 cm³/mol. The lowest BCUT2D eigenvalue weighted by atomic mass is 10.0. The Morgan fingerprint density at radius 1 is 1.28 bits per heavy atom. The van der Waals surface area contributed by atoms with E-state index in [2.05, 4.69) is 48.6 Å². The van der Waals surface area contributed by atoms with Crippen LogP contribution in [0.25, 0.3) is 6.08 Å². The van der Waals surface area contributed by atoms with Gasteiger partial charge in [-0.2, -0.15) is 0 Å². The molecule has 0 saturated carbocycles. The molecular weight excluding hydrogens is 380 g/mol. The average Bonchev–Trinajstić information content (AvgIpc) is 2.65. The molecule has 1 aromatic carbocycles. The van der Waals surface area contributed by atoms with E-state index >= 15 is 0 Å². The van der Waals surface area contributed by atoms with Crippen molar-refractivity contribution in [3.05, 3.63) is 33.8 Å². The lowest BCUT2D eigenvalue weighted by Crippen LogP contribution is -2.16. The monoisotopic (exact) mass is 410 g/mol. The SMILES string of the molecule is CC.CC(C)(C)C.CCOC(=O)C1=Cc2ccc(Br)cc2N=C(N)C1. The second-order valence-electron chi connectivity index (χ2n) is 6.87. The summed E-state index contributed by atoms with van der Waals surface area (Å²) in [4.78, 5) is 16.1. The number of carbonyl (C=O) groups is 1. The topological polar surface area (TPSA) is 64.7 Å². The van der Waals surface area contributed by atoms with E-state index < -0.39 is 0 Å². The van der Waals surface area contributed by atoms with E-state index in [1.807, 2.05) is 32.0 Å². The molecule has 1 heterocycles. The maximum absolute atomic E-state index is 11.8. The minimum absolute atomic E-state index is 0.311. The van der Waals surface area contributed by atoms with Gasteiger partial charge in [-0.3, -0.25) is 0 Å². The number of hydrogen-bond acceptors (Lipinski definition) is 4. The summed E-state index contributed by atoms with van der Waals surface area (Å²) in [7, 11) is 0. The fourth-order valence-corrected chi connectivity index (χ4v) is 2.07. The van der Waals surface area contributed by atoms with Crippen LogP contribution in [0.1, 0.15) is 60.5 Å². The summed E-state index contributed by atoms with van der Waals surface area (Å²) >= 11 is 3.38. The van der Waals surface area contributed by atoms with E-state index in [-0.39, 0.29) is 5.97 Å². The van der Waals surface area contributed by atoms with Crippen LogP contribution in [0.15, 0.2) is 33.2 Å². The number of fused-ring (bicyclic) bond motifs is 1. The van der Waals surface area contributed by atoms with Gasteiger partial charge in [-0.05, 0) is 30.5 Å². The quantitative estimate of drug-likeness (QED) is 0.620. The van der Waals surface area contributed by atoms with E-state index in [0.29, 0.717) is 29.9 Å². The summed E-state index contributed by atoms with van der Waals surface area (Å²) in [5.41, 5.74) is 8.45. The number of benzene rings is 1. The van der Waals surface area contributed by atoms with Gasteiger partial charge in [0.15, 0.2) is 0 Å². The number of amidine groups is 1. The summed E-state index contributed by atoms with van der Waals surface area (Å²) in [6.07, 6.45) is 2.09. The number of rotatable bonds is 2. The highest BCUT2D eigenvalue weighted by Gasteiger charge is 2.16. The molecule has 0 saturated heterocycles. The van der Waals surface area contributed by atoms with Crippen molar-refractivity contribution in [1.29, 1.82) is 0 Å². The van der Waals surface area contributed by atoms with Crippen molar-refractivity contribution in [2.24, 2.45) is 16.1 Å². The van der Waals surface area contributed by atoms with Gasteiger partial charge in [0.05, 0.1) is 12.3 Å². The fourth-order valence-electron chi connectivity index (χ4n) is 1.72. The molecule has 0 amide bonds. The Labute approximate surface area is 160 Å². The maximum Gasteiger partial charge on any atom is 0.334 e. The van der Waals surface area contributed by atoms with E-state index in [0.717, 1.165) is 15.7 Å². The van der Waals surface area contributed by atoms with Crippen LogP contribution in [0.4, 0.5) is 5.69 Å². The maximum atomic E-state index is 11.8. The van der Waals surface area contributed by atoms with Crippen LogP contribution in [0, 0.1) is 5.41 Å². The highest BCUT2D eigenvalue weighted by atomic mass is 79.9. The lowest BCUT2D eigenvalue weighted by molar-refractivity contribution is -0.138. The second kappa shape index (κ2) is 11.1. The van der Waals surface area contributed by atoms with Gasteiger partial charge in [-0.1, -0.05) is 63.5 Å². The van der Waals surface area contributed by atoms with Crippen molar-refractivity contribution < 1.29 is 9.53 Å². The van der Waals surface area contributed by atoms with Gasteiger partial charge in [-0.15, -0.1) is 0 Å². The van der Waals surface area contributed by atoms with Gasteiger partial charge >= 0.3 is 5.97 Å². The Morgan fingerprint density at radius 3 is 2.36 bits per heavy atom. The van der Waals surface area contributed by atoms with Crippen molar-refractivity contribution >= 4 is 39.5 Å². The number of nitrogens with two attached hydrogens (primary N) is 1. The number of hydrogen-bond donors (Lipinski definition) is 1. The highest BCUT2D eigenvalue weighted by molar-refractivity contribution is 9.10. The minimum atomic E-state index is -0.341. The molecule has 2 N–H and O–H groups in total. The third-order valence-corrected chi connectivity index (χ3v) is 2.99. The molecular formula is C20H31BrN2O2. The third-order valence-electron chi connectivity index (χ3n) is 2.50. The molecule has 0 unspecified atom stereocenters. The van der Waals surface area contributed by atoms with Crippen molar-refractivity contribution in [2.45, 2.75) is 54.9 Å². The zero-order valence-corrected chi connectivity index (χ0v) is 18.0. The van der Waals surface area contributed by atoms with Crippen molar-refractivity contribution in [3.63, 3.8) is 0 Å². The Hall–Kier alpha value is -1.62. The summed E-state index contributed by atoms with van der Waals surface area (Å²) in [6, 6.07) is 5.66. The highest BCUT2D eigenvalue weighted by Crippen LogP contribution is 2.29. The molecule has 0 aromatic heterocycles. The second-order valence-corrected chi connectivity index (χ2v) is 7.79. The van der Waals surface area contributed by atoms with Gasteiger partial charge in [0.25, 0.3) is 0 Å². The molecule has 5 heteroatoms. The number of carbonyl (C=O) groups excluding carboxylic acids is 1. The molecule has 1 aromatic rings. The molecule has 0 atom stereocenters. The van der Waals surface area contributed by atoms with Crippen molar-refractivity contribution in [3.8, 4) is 0 Å². The molecule has 0 bridgehead atoms. The van der Waals surface area contributed by atoms with Crippen LogP contribution in [-0.4, -0.2) is 18.4 Å². The molecule has 140 valence electrons. The van der Waals surface area contributed by atoms with E-state index in [1.165, 1.54) is 0 Å². The summed E-state index contributed by atoms with van der Waals surface area (Å²) < 4.78 is 5.92. The number of aliphatic imine (C=N–C) groups is 1. The predicted octanol–water partition coefficient (Wildman–Crippen LogP) is 5.87. The number of halogens is 1. The molecule has 2 rings (SSSR count). The summed E-state index contributed by atoms with van der Waals surface area (Å²) in [6.45, 7) is 14.9. The molecule has 0 radical (unpaired) electrons. The zero-order valence-electron chi connectivity index (χ0n) is 16.4. The van der Waals surface area contributed by atoms with Crippen LogP contribution in [-0.2, 0) is 9.53 Å². The molecule has 1 aliphatic heterocycles. The largest absolute Gasteiger partial charge is 0.463 e. The van der Waals surface area contributed by atoms with Gasteiger partial charge in [0.1, 0.15) is 5.84 Å². The average molecular weight is 411 g/mol. The Morgan fingerprint density at radius 2 is 1.84 bits per heavy atom. The van der Waals surface area contributed by atoms with Crippen LogP contribution >= 0.6 is 15.9 Å². The minimum Gasteiger partial charge on any atom is -0.463 e. The van der Waals surface area contributed by atoms with Gasteiger partial charge in [-0.25, -0.2) is 9.79 Å². The lowest BCUT2D eigenvalue weighted by Gasteiger charge is -2.05. The first-order chi connectivity index (χ1) is 11.6. The van der Waals surface area contributed by atoms with Gasteiger partial charge in [0.2, 0.25) is 0 Å². The molecule has 1 aliphatic rings. The Bertz CT molecular complexity index is 623. The van der Waals surface area contributed by atoms with Crippen LogP contribution in [0.2, 0.25) is 0 Å². The first kappa shape index (κ1) is 23.4.